The number of amides is 1. The van der Waals surface area contributed by atoms with Gasteiger partial charge in [-0.25, -0.2) is 13.8 Å². The summed E-state index contributed by atoms with van der Waals surface area (Å²) in [5.41, 5.74) is -1.69. The van der Waals surface area contributed by atoms with Crippen LogP contribution in [0.5, 0.6) is 0 Å². The van der Waals surface area contributed by atoms with Crippen molar-refractivity contribution in [2.75, 3.05) is 20.1 Å². The molecule has 33 heavy (non-hydrogen) atoms. The van der Waals surface area contributed by atoms with Crippen molar-refractivity contribution in [1.29, 1.82) is 0 Å². The fraction of sp³-hybridized carbons (Fsp3) is 0.261. The van der Waals surface area contributed by atoms with Crippen molar-refractivity contribution in [3.8, 4) is 0 Å². The molecule has 0 bridgehead atoms. The number of carbonyl (C=O) groups is 1. The Morgan fingerprint density at radius 1 is 1.27 bits per heavy atom. The van der Waals surface area contributed by atoms with E-state index < -0.39 is 23.3 Å². The molecular weight excluding hydrogens is 452 g/mol. The number of nitrogens with zero attached hydrogens (tertiary/aromatic N) is 4. The van der Waals surface area contributed by atoms with E-state index in [4.69, 9.17) is 11.6 Å². The van der Waals surface area contributed by atoms with Crippen LogP contribution in [0.15, 0.2) is 66.8 Å². The smallest absolute Gasteiger partial charge is 0.267 e. The molecule has 1 aliphatic heterocycles. The lowest BCUT2D eigenvalue weighted by Crippen LogP contribution is -2.60. The highest BCUT2D eigenvalue weighted by atomic mass is 35.5. The van der Waals surface area contributed by atoms with Crippen LogP contribution in [0.2, 0.25) is 5.02 Å². The first-order valence-corrected chi connectivity index (χ1v) is 10.7. The number of aliphatic hydroxyl groups is 1. The van der Waals surface area contributed by atoms with Crippen LogP contribution in [0.25, 0.3) is 0 Å². The molecule has 0 spiro atoms. The summed E-state index contributed by atoms with van der Waals surface area (Å²) in [6.45, 7) is 1.06. The second kappa shape index (κ2) is 9.01. The maximum Gasteiger partial charge on any atom is 0.267 e. The van der Waals surface area contributed by atoms with Gasteiger partial charge in [0.2, 0.25) is 0 Å². The summed E-state index contributed by atoms with van der Waals surface area (Å²) < 4.78 is 30.0. The van der Waals surface area contributed by atoms with Crippen LogP contribution in [0.4, 0.5) is 14.5 Å². The first kappa shape index (κ1) is 23.0. The minimum absolute atomic E-state index is 0.00814. The average Bonchev–Trinajstić information content (AvgIpc) is 3.39. The third kappa shape index (κ3) is 4.15. The number of carbonyl (C=O) groups excluding carboxylic acids is 1. The third-order valence-corrected chi connectivity index (χ3v) is 6.27. The van der Waals surface area contributed by atoms with E-state index in [-0.39, 0.29) is 22.2 Å². The van der Waals surface area contributed by atoms with Gasteiger partial charge in [0.05, 0.1) is 12.6 Å². The lowest BCUT2D eigenvalue weighted by molar-refractivity contribution is -0.123. The number of benzene rings is 2. The molecular formula is C23H23ClF2N5O2+. The molecule has 7 nitrogen and oxygen atoms in total. The highest BCUT2D eigenvalue weighted by Crippen LogP contribution is 2.47. The molecule has 2 N–H and O–H groups in total. The zero-order valence-electron chi connectivity index (χ0n) is 17.9. The van der Waals surface area contributed by atoms with E-state index in [9.17, 15) is 18.7 Å². The molecule has 0 fully saturated rings. The van der Waals surface area contributed by atoms with Gasteiger partial charge in [0.1, 0.15) is 42.1 Å². The molecule has 4 rings (SSSR count). The standard InChI is InChI=1S/C23H22ClF2N5O2/c1-31(18-6-3-16(24)4-7-18)12-9-20(22(32)28-10-2-11-30-15-27-14-29-30)23(31,33)19-8-5-17(25)13-21(19)26/h3-9,13-15,33H,2,10-12H2,1H3/p+1/t23-,31+/m0/s1. The Morgan fingerprint density at radius 2 is 2.03 bits per heavy atom. The van der Waals surface area contributed by atoms with E-state index in [1.165, 1.54) is 12.4 Å². The fourth-order valence-corrected chi connectivity index (χ4v) is 4.32. The van der Waals surface area contributed by atoms with Crippen molar-refractivity contribution in [3.63, 3.8) is 0 Å². The summed E-state index contributed by atoms with van der Waals surface area (Å²) in [7, 11) is 1.69. The number of nitrogens with one attached hydrogen (secondary N) is 1. The monoisotopic (exact) mass is 474 g/mol. The van der Waals surface area contributed by atoms with Crippen LogP contribution in [-0.2, 0) is 17.1 Å². The summed E-state index contributed by atoms with van der Waals surface area (Å²) in [6.07, 6.45) is 5.17. The van der Waals surface area contributed by atoms with Crippen LogP contribution >= 0.6 is 11.6 Å². The number of quaternary nitrogens is 1. The Balaban J connectivity index is 1.65. The maximum absolute atomic E-state index is 15.0. The molecule has 2 aromatic carbocycles. The number of rotatable bonds is 7. The van der Waals surface area contributed by atoms with Gasteiger partial charge in [0.15, 0.2) is 0 Å². The molecule has 0 saturated carbocycles. The molecule has 0 unspecified atom stereocenters. The summed E-state index contributed by atoms with van der Waals surface area (Å²) in [4.78, 5) is 17.0. The number of hydrogen-bond acceptors (Lipinski definition) is 4. The Bertz CT molecular complexity index is 1190. The van der Waals surface area contributed by atoms with E-state index in [1.54, 1.807) is 48.4 Å². The van der Waals surface area contributed by atoms with E-state index >= 15 is 0 Å². The van der Waals surface area contributed by atoms with Crippen molar-refractivity contribution in [2.45, 2.75) is 18.7 Å². The highest BCUT2D eigenvalue weighted by Gasteiger charge is 2.59. The van der Waals surface area contributed by atoms with Gasteiger partial charge in [-0.3, -0.25) is 14.0 Å². The van der Waals surface area contributed by atoms with Gasteiger partial charge < -0.3 is 10.4 Å². The molecule has 0 aliphatic carbocycles. The predicted octanol–water partition coefficient (Wildman–Crippen LogP) is 3.14. The van der Waals surface area contributed by atoms with Crippen LogP contribution in [0.3, 0.4) is 0 Å². The van der Waals surface area contributed by atoms with Gasteiger partial charge in [0, 0.05) is 36.3 Å². The third-order valence-electron chi connectivity index (χ3n) is 6.01. The Kier molecular flexibility index (Phi) is 6.29. The molecule has 0 radical (unpaired) electrons. The van der Waals surface area contributed by atoms with Gasteiger partial charge in [-0.05, 0) is 36.8 Å². The molecule has 1 amide bonds. The van der Waals surface area contributed by atoms with Crippen molar-refractivity contribution in [1.82, 2.24) is 24.6 Å². The zero-order chi connectivity index (χ0) is 23.6. The number of hydrogen-bond donors (Lipinski definition) is 2. The second-order valence-corrected chi connectivity index (χ2v) is 8.47. The number of likely N-dealkylation sites (N-methyl/N-ethyl adjacent to an activating group) is 1. The Labute approximate surface area is 194 Å². The lowest BCUT2D eigenvalue weighted by Gasteiger charge is -2.43. The number of halogens is 3. The molecule has 0 saturated heterocycles. The van der Waals surface area contributed by atoms with Gasteiger partial charge in [-0.1, -0.05) is 11.6 Å². The first-order valence-electron chi connectivity index (χ1n) is 10.4. The second-order valence-electron chi connectivity index (χ2n) is 8.03. The van der Waals surface area contributed by atoms with Crippen LogP contribution in [0, 0.1) is 11.6 Å². The maximum atomic E-state index is 15.0. The summed E-state index contributed by atoms with van der Waals surface area (Å²) in [5.74, 6) is -2.25. The van der Waals surface area contributed by atoms with Crippen molar-refractivity contribution in [2.24, 2.45) is 0 Å². The van der Waals surface area contributed by atoms with Crippen LogP contribution < -0.4 is 9.80 Å². The van der Waals surface area contributed by atoms with Crippen molar-refractivity contribution in [3.05, 3.63) is 89.0 Å². The molecule has 1 aromatic heterocycles. The summed E-state index contributed by atoms with van der Waals surface area (Å²) in [5, 5.41) is 19.3. The van der Waals surface area contributed by atoms with Crippen LogP contribution in [-0.4, -0.2) is 45.9 Å². The van der Waals surface area contributed by atoms with E-state index in [2.05, 4.69) is 15.4 Å². The Hall–Kier alpha value is -3.14. The molecule has 1 aliphatic rings. The predicted molar refractivity (Wildman–Crippen MR) is 120 cm³/mol. The SMILES string of the molecule is C[N@+]1(c2ccc(Cl)cc2)CC=C(C(=O)NCCCn2cncn2)[C@@]1(O)c1ccc(F)cc1F. The summed E-state index contributed by atoms with van der Waals surface area (Å²) >= 11 is 6.02. The molecule has 2 heterocycles. The molecule has 3 aromatic rings. The molecule has 10 heteroatoms. The quantitative estimate of drug-likeness (QED) is 0.407. The normalized spacial score (nSPS) is 22.3. The van der Waals surface area contributed by atoms with Gasteiger partial charge >= 0.3 is 0 Å². The minimum atomic E-state index is -2.10. The van der Waals surface area contributed by atoms with Gasteiger partial charge in [0.25, 0.3) is 11.6 Å². The topological polar surface area (TPSA) is 80.0 Å². The number of aryl methyl sites for hydroxylation is 1. The lowest BCUT2D eigenvalue weighted by atomic mass is 9.91. The van der Waals surface area contributed by atoms with Crippen molar-refractivity contribution < 1.29 is 18.7 Å². The highest BCUT2D eigenvalue weighted by molar-refractivity contribution is 6.30. The molecule has 2 atom stereocenters. The van der Waals surface area contributed by atoms with E-state index in [0.29, 0.717) is 36.3 Å². The largest absolute Gasteiger partial charge is 0.352 e. The minimum Gasteiger partial charge on any atom is -0.352 e. The van der Waals surface area contributed by atoms with Gasteiger partial charge in [-0.15, -0.1) is 0 Å². The van der Waals surface area contributed by atoms with E-state index in [0.717, 1.165) is 6.07 Å². The Morgan fingerprint density at radius 3 is 2.70 bits per heavy atom. The van der Waals surface area contributed by atoms with Crippen LogP contribution in [0.1, 0.15) is 12.0 Å². The average molecular weight is 475 g/mol. The van der Waals surface area contributed by atoms with Gasteiger partial charge in [-0.2, -0.15) is 5.10 Å². The molecule has 172 valence electrons. The van der Waals surface area contributed by atoms with E-state index in [1.807, 2.05) is 0 Å². The fourth-order valence-electron chi connectivity index (χ4n) is 4.20. The first-order chi connectivity index (χ1) is 15.8. The zero-order valence-corrected chi connectivity index (χ0v) is 18.6. The summed E-state index contributed by atoms with van der Waals surface area (Å²) in [6, 6.07) is 9.67. The number of aromatic nitrogens is 3. The van der Waals surface area contributed by atoms with Crippen molar-refractivity contribution >= 4 is 23.2 Å².